The lowest BCUT2D eigenvalue weighted by atomic mass is 10.3. The minimum Gasteiger partial charge on any atom is -0.401 e. The third kappa shape index (κ3) is 4.66. The third-order valence-electron chi connectivity index (χ3n) is 3.34. The van der Waals surface area contributed by atoms with Crippen molar-refractivity contribution in [2.45, 2.75) is 17.7 Å². The lowest BCUT2D eigenvalue weighted by Gasteiger charge is -2.02. The van der Waals surface area contributed by atoms with Gasteiger partial charge in [0.25, 0.3) is 5.89 Å². The molecule has 3 rings (SSSR count). The van der Waals surface area contributed by atoms with E-state index in [0.29, 0.717) is 24.4 Å². The van der Waals surface area contributed by atoms with Crippen molar-refractivity contribution in [1.29, 1.82) is 0 Å². The van der Waals surface area contributed by atoms with Crippen molar-refractivity contribution < 1.29 is 13.6 Å². The van der Waals surface area contributed by atoms with E-state index >= 15 is 0 Å². The first-order chi connectivity index (χ1) is 12.1. The van der Waals surface area contributed by atoms with Crippen molar-refractivity contribution in [2.24, 2.45) is 7.05 Å². The summed E-state index contributed by atoms with van der Waals surface area (Å²) in [6.45, 7) is 0. The number of nitrogens with one attached hydrogen (secondary N) is 1. The van der Waals surface area contributed by atoms with E-state index in [1.165, 1.54) is 12.1 Å². The molecule has 0 aliphatic heterocycles. The smallest absolute Gasteiger partial charge is 0.322 e. The molecule has 25 heavy (non-hydrogen) atoms. The first-order valence-electron chi connectivity index (χ1n) is 7.62. The average molecular weight is 361 g/mol. The summed E-state index contributed by atoms with van der Waals surface area (Å²) in [7, 11) is 1.76. The van der Waals surface area contributed by atoms with Crippen LogP contribution in [0.1, 0.15) is 12.8 Å². The zero-order valence-electron chi connectivity index (χ0n) is 13.5. The number of nitrogens with zero attached hydrogens (tertiary/aromatic N) is 4. The van der Waals surface area contributed by atoms with Crippen LogP contribution in [-0.2, 0) is 11.8 Å². The maximum absolute atomic E-state index is 12.8. The van der Waals surface area contributed by atoms with E-state index in [0.717, 1.165) is 10.6 Å². The van der Waals surface area contributed by atoms with Crippen LogP contribution in [-0.4, -0.2) is 31.6 Å². The van der Waals surface area contributed by atoms with Gasteiger partial charge in [-0.2, -0.15) is 5.10 Å². The van der Waals surface area contributed by atoms with Crippen LogP contribution in [0.15, 0.2) is 45.8 Å². The summed E-state index contributed by atoms with van der Waals surface area (Å²) >= 11 is 1.57. The molecule has 0 aliphatic carbocycles. The molecule has 0 unspecified atom stereocenters. The Morgan fingerprint density at radius 3 is 2.80 bits per heavy atom. The van der Waals surface area contributed by atoms with Crippen LogP contribution in [0.3, 0.4) is 0 Å². The largest absolute Gasteiger partial charge is 0.401 e. The number of hydrogen-bond acceptors (Lipinski definition) is 6. The molecule has 0 bridgehead atoms. The molecule has 2 heterocycles. The molecule has 2 aromatic heterocycles. The highest BCUT2D eigenvalue weighted by Gasteiger charge is 2.13. The summed E-state index contributed by atoms with van der Waals surface area (Å²) in [5.74, 6) is 0.597. The van der Waals surface area contributed by atoms with Gasteiger partial charge in [0, 0.05) is 24.6 Å². The summed E-state index contributed by atoms with van der Waals surface area (Å²) in [6.07, 6.45) is 2.63. The summed E-state index contributed by atoms with van der Waals surface area (Å²) in [4.78, 5) is 12.9. The maximum Gasteiger partial charge on any atom is 0.322 e. The number of rotatable bonds is 7. The molecule has 0 saturated carbocycles. The number of carbonyl (C=O) groups excluding carboxylic acids is 1. The van der Waals surface area contributed by atoms with Gasteiger partial charge in [0.05, 0.1) is 0 Å². The Morgan fingerprint density at radius 2 is 2.08 bits per heavy atom. The fourth-order valence-electron chi connectivity index (χ4n) is 2.10. The molecule has 130 valence electrons. The lowest BCUT2D eigenvalue weighted by Crippen LogP contribution is -2.11. The second kappa shape index (κ2) is 7.93. The lowest BCUT2D eigenvalue weighted by molar-refractivity contribution is -0.116. The Morgan fingerprint density at radius 1 is 1.28 bits per heavy atom. The molecule has 0 fully saturated rings. The zero-order valence-corrected chi connectivity index (χ0v) is 14.3. The number of aryl methyl sites for hydroxylation is 1. The number of carbonyl (C=O) groups is 1. The van der Waals surface area contributed by atoms with Crippen molar-refractivity contribution in [3.63, 3.8) is 0 Å². The Bertz CT molecular complexity index is 846. The van der Waals surface area contributed by atoms with Crippen molar-refractivity contribution in [1.82, 2.24) is 20.0 Å². The van der Waals surface area contributed by atoms with Crippen LogP contribution in [0.4, 0.5) is 10.4 Å². The normalized spacial score (nSPS) is 10.8. The van der Waals surface area contributed by atoms with E-state index in [1.54, 1.807) is 47.9 Å². The predicted octanol–water partition coefficient (Wildman–Crippen LogP) is 3.12. The summed E-state index contributed by atoms with van der Waals surface area (Å²) in [5.41, 5.74) is 0.670. The molecule has 0 aliphatic rings. The quantitative estimate of drug-likeness (QED) is 0.514. The van der Waals surface area contributed by atoms with Gasteiger partial charge in [-0.05, 0) is 42.5 Å². The summed E-state index contributed by atoms with van der Waals surface area (Å²) in [6, 6.07) is 8.09. The number of hydrogen-bond donors (Lipinski definition) is 1. The van der Waals surface area contributed by atoms with Gasteiger partial charge in [-0.15, -0.1) is 16.9 Å². The van der Waals surface area contributed by atoms with Gasteiger partial charge in [-0.1, -0.05) is 5.10 Å². The van der Waals surface area contributed by atoms with Crippen molar-refractivity contribution in [2.75, 3.05) is 11.1 Å². The summed E-state index contributed by atoms with van der Waals surface area (Å²) in [5, 5.41) is 14.3. The van der Waals surface area contributed by atoms with E-state index in [1.807, 2.05) is 0 Å². The van der Waals surface area contributed by atoms with Gasteiger partial charge in [0.15, 0.2) is 0 Å². The highest BCUT2D eigenvalue weighted by molar-refractivity contribution is 7.99. The number of aromatic nitrogens is 4. The molecule has 7 nitrogen and oxygen atoms in total. The Hall–Kier alpha value is -2.68. The molecule has 3 aromatic rings. The fourth-order valence-corrected chi connectivity index (χ4v) is 2.95. The van der Waals surface area contributed by atoms with Gasteiger partial charge >= 0.3 is 6.01 Å². The zero-order chi connectivity index (χ0) is 17.6. The monoisotopic (exact) mass is 361 g/mol. The number of anilines is 1. The van der Waals surface area contributed by atoms with E-state index in [2.05, 4.69) is 20.6 Å². The molecule has 1 N–H and O–H groups in total. The van der Waals surface area contributed by atoms with Crippen LogP contribution in [0.2, 0.25) is 0 Å². The van der Waals surface area contributed by atoms with E-state index in [9.17, 15) is 9.18 Å². The third-order valence-corrected chi connectivity index (χ3v) is 4.44. The van der Waals surface area contributed by atoms with E-state index in [4.69, 9.17) is 4.42 Å². The fraction of sp³-hybridized carbons (Fsp3) is 0.250. The van der Waals surface area contributed by atoms with Gasteiger partial charge in [-0.3, -0.25) is 14.8 Å². The number of benzene rings is 1. The van der Waals surface area contributed by atoms with Crippen LogP contribution < -0.4 is 5.32 Å². The maximum atomic E-state index is 12.8. The molecule has 9 heteroatoms. The predicted molar refractivity (Wildman–Crippen MR) is 91.5 cm³/mol. The number of amides is 1. The van der Waals surface area contributed by atoms with Crippen LogP contribution in [0.25, 0.3) is 11.6 Å². The van der Waals surface area contributed by atoms with Gasteiger partial charge in [0.1, 0.15) is 11.5 Å². The van der Waals surface area contributed by atoms with Gasteiger partial charge in [0.2, 0.25) is 5.91 Å². The van der Waals surface area contributed by atoms with Crippen molar-refractivity contribution >= 4 is 23.7 Å². The van der Waals surface area contributed by atoms with Crippen LogP contribution in [0, 0.1) is 5.82 Å². The molecule has 0 saturated heterocycles. The highest BCUT2D eigenvalue weighted by atomic mass is 32.2. The minimum absolute atomic E-state index is 0.0624. The molecule has 0 radical (unpaired) electrons. The SMILES string of the molecule is Cn1nccc1-c1nnc(NC(=O)CCCSc2ccc(F)cc2)o1. The number of thioether (sulfide) groups is 1. The van der Waals surface area contributed by atoms with Gasteiger partial charge < -0.3 is 4.42 Å². The average Bonchev–Trinajstić information content (AvgIpc) is 3.22. The topological polar surface area (TPSA) is 85.8 Å². The van der Waals surface area contributed by atoms with Crippen molar-refractivity contribution in [3.05, 3.63) is 42.3 Å². The van der Waals surface area contributed by atoms with E-state index < -0.39 is 0 Å². The Balaban J connectivity index is 1.43. The molecular formula is C16H16FN5O2S. The molecular weight excluding hydrogens is 345 g/mol. The van der Waals surface area contributed by atoms with Crippen LogP contribution >= 0.6 is 11.8 Å². The van der Waals surface area contributed by atoms with E-state index in [-0.39, 0.29) is 17.7 Å². The number of halogens is 1. The Labute approximate surface area is 147 Å². The first kappa shape index (κ1) is 17.2. The summed E-state index contributed by atoms with van der Waals surface area (Å²) < 4.78 is 19.8. The molecule has 0 atom stereocenters. The van der Waals surface area contributed by atoms with Crippen molar-refractivity contribution in [3.8, 4) is 11.6 Å². The minimum atomic E-state index is -0.256. The standard InChI is InChI=1S/C16H16FN5O2S/c1-22-13(8-9-18-22)15-20-21-16(24-15)19-14(23)3-2-10-25-12-6-4-11(17)5-7-12/h4-9H,2-3,10H2,1H3,(H,19,21,23). The molecule has 0 spiro atoms. The molecule has 1 aromatic carbocycles. The highest BCUT2D eigenvalue weighted by Crippen LogP contribution is 2.20. The van der Waals surface area contributed by atoms with Gasteiger partial charge in [-0.25, -0.2) is 4.39 Å². The second-order valence-corrected chi connectivity index (χ2v) is 6.37. The molecule has 1 amide bonds. The second-order valence-electron chi connectivity index (χ2n) is 5.21. The first-order valence-corrected chi connectivity index (χ1v) is 8.60. The Kier molecular flexibility index (Phi) is 5.44. The van der Waals surface area contributed by atoms with Crippen LogP contribution in [0.5, 0.6) is 0 Å².